The molecule has 10 heteroatoms. The van der Waals surface area contributed by atoms with Gasteiger partial charge in [-0.1, -0.05) is 43.6 Å². The van der Waals surface area contributed by atoms with Gasteiger partial charge in [0.05, 0.1) is 28.0 Å². The van der Waals surface area contributed by atoms with Gasteiger partial charge in [0.1, 0.15) is 17.6 Å². The number of halogens is 1. The van der Waals surface area contributed by atoms with Crippen molar-refractivity contribution in [3.63, 3.8) is 0 Å². The number of nitrogens with zero attached hydrogens (tertiary/aromatic N) is 2. The van der Waals surface area contributed by atoms with Gasteiger partial charge in [0.2, 0.25) is 5.91 Å². The lowest BCUT2D eigenvalue weighted by molar-refractivity contribution is -0.118. The second-order valence-corrected chi connectivity index (χ2v) is 10.2. The largest absolute Gasteiger partial charge is 0.478 e. The van der Waals surface area contributed by atoms with E-state index in [-0.39, 0.29) is 23.4 Å². The number of amides is 1. The summed E-state index contributed by atoms with van der Waals surface area (Å²) in [5.74, 6) is -0.215. The molecule has 3 heterocycles. The maximum atomic E-state index is 12.2. The molecule has 0 bridgehead atoms. The Bertz CT molecular complexity index is 1560. The van der Waals surface area contributed by atoms with Gasteiger partial charge in [-0.25, -0.2) is 4.79 Å². The third-order valence-corrected chi connectivity index (χ3v) is 7.05. The van der Waals surface area contributed by atoms with Crippen LogP contribution < -0.4 is 15.5 Å². The van der Waals surface area contributed by atoms with E-state index in [0.29, 0.717) is 38.6 Å². The molecule has 1 amide bonds. The minimum atomic E-state index is -1.01. The number of nitrogens with one attached hydrogen (secondary N) is 2. The minimum Gasteiger partial charge on any atom is -0.478 e. The van der Waals surface area contributed by atoms with Crippen molar-refractivity contribution in [1.29, 1.82) is 0 Å². The Morgan fingerprint density at radius 1 is 1.10 bits per heavy atom. The molecule has 5 rings (SSSR count). The first-order valence-electron chi connectivity index (χ1n) is 12.3. The van der Waals surface area contributed by atoms with Crippen LogP contribution in [0, 0.1) is 5.92 Å². The average Bonchev–Trinajstić information content (AvgIpc) is 3.55. The van der Waals surface area contributed by atoms with Gasteiger partial charge in [0.25, 0.3) is 0 Å². The first-order chi connectivity index (χ1) is 18.7. The highest BCUT2D eigenvalue weighted by molar-refractivity contribution is 7.80. The smallest absolute Gasteiger partial charge is 0.335 e. The molecule has 2 aromatic heterocycles. The van der Waals surface area contributed by atoms with Crippen molar-refractivity contribution in [2.75, 3.05) is 10.2 Å². The number of anilines is 2. The van der Waals surface area contributed by atoms with Crippen molar-refractivity contribution in [1.82, 2.24) is 10.3 Å². The molecule has 1 fully saturated rings. The summed E-state index contributed by atoms with van der Waals surface area (Å²) in [6.07, 6.45) is 1.72. The highest BCUT2D eigenvalue weighted by Gasteiger charge is 2.42. The first-order valence-corrected chi connectivity index (χ1v) is 13.1. The van der Waals surface area contributed by atoms with Gasteiger partial charge in [-0.05, 0) is 66.8 Å². The average molecular weight is 561 g/mol. The minimum absolute atomic E-state index is 0.133. The Balaban J connectivity index is 1.55. The highest BCUT2D eigenvalue weighted by atomic mass is 35.5. The molecule has 4 aromatic rings. The number of furan rings is 1. The molecular formula is C29H25ClN4O4S. The van der Waals surface area contributed by atoms with Crippen molar-refractivity contribution < 1.29 is 19.1 Å². The second-order valence-electron chi connectivity index (χ2n) is 9.39. The number of aromatic nitrogens is 1. The lowest BCUT2D eigenvalue weighted by Crippen LogP contribution is -2.29. The Kier molecular flexibility index (Phi) is 7.36. The van der Waals surface area contributed by atoms with E-state index in [1.165, 1.54) is 6.07 Å². The third kappa shape index (κ3) is 5.36. The summed E-state index contributed by atoms with van der Waals surface area (Å²) < 4.78 is 6.32. The monoisotopic (exact) mass is 560 g/mol. The summed E-state index contributed by atoms with van der Waals surface area (Å²) in [6, 6.07) is 20.4. The Morgan fingerprint density at radius 2 is 1.92 bits per heavy atom. The Morgan fingerprint density at radius 3 is 2.62 bits per heavy atom. The molecule has 1 aliphatic heterocycles. The summed E-state index contributed by atoms with van der Waals surface area (Å²) in [7, 11) is 0. The lowest BCUT2D eigenvalue weighted by atomic mass is 10.0. The number of benzene rings is 2. The van der Waals surface area contributed by atoms with Gasteiger partial charge < -0.3 is 25.1 Å². The number of hydrogen-bond acceptors (Lipinski definition) is 5. The van der Waals surface area contributed by atoms with Crippen LogP contribution in [0.15, 0.2) is 83.4 Å². The quantitative estimate of drug-likeness (QED) is 0.221. The lowest BCUT2D eigenvalue weighted by Gasteiger charge is -2.26. The number of pyridine rings is 1. The van der Waals surface area contributed by atoms with E-state index in [1.807, 2.05) is 55.1 Å². The predicted molar refractivity (Wildman–Crippen MR) is 154 cm³/mol. The van der Waals surface area contributed by atoms with Gasteiger partial charge in [0, 0.05) is 23.4 Å². The van der Waals surface area contributed by atoms with Crippen molar-refractivity contribution >= 4 is 52.2 Å². The third-order valence-electron chi connectivity index (χ3n) is 6.42. The van der Waals surface area contributed by atoms with Crippen LogP contribution in [0.5, 0.6) is 0 Å². The molecule has 0 unspecified atom stereocenters. The molecule has 0 spiro atoms. The molecule has 8 nitrogen and oxygen atoms in total. The molecule has 0 saturated carbocycles. The fraction of sp³-hybridized carbons (Fsp3) is 0.172. The fourth-order valence-corrected chi connectivity index (χ4v) is 4.99. The van der Waals surface area contributed by atoms with E-state index in [4.69, 9.17) is 28.2 Å². The molecule has 1 saturated heterocycles. The fourth-order valence-electron chi connectivity index (χ4n) is 4.43. The molecule has 2 atom stereocenters. The van der Waals surface area contributed by atoms with E-state index < -0.39 is 12.0 Å². The predicted octanol–water partition coefficient (Wildman–Crippen LogP) is 6.46. The maximum absolute atomic E-state index is 12.2. The number of aromatic carboxylic acids is 1. The molecular weight excluding hydrogens is 536 g/mol. The SMILES string of the molecule is CC(C)C(=O)Nc1ccc(N2C(=S)N[C@@H](c3ccccn3)[C@@H]2c2ccc(-c3cccc(C(=O)O)c3)o2)cc1Cl. The van der Waals surface area contributed by atoms with Crippen LogP contribution in [-0.4, -0.2) is 27.1 Å². The van der Waals surface area contributed by atoms with Crippen LogP contribution in [0.1, 0.15) is 47.7 Å². The van der Waals surface area contributed by atoms with Gasteiger partial charge in [-0.2, -0.15) is 0 Å². The zero-order valence-corrected chi connectivity index (χ0v) is 22.7. The highest BCUT2D eigenvalue weighted by Crippen LogP contribution is 2.44. The molecule has 0 aliphatic carbocycles. The zero-order chi connectivity index (χ0) is 27.7. The van der Waals surface area contributed by atoms with Crippen LogP contribution in [0.2, 0.25) is 5.02 Å². The summed E-state index contributed by atoms with van der Waals surface area (Å²) in [4.78, 5) is 30.1. The number of carbonyl (C=O) groups is 2. The van der Waals surface area contributed by atoms with Gasteiger partial charge in [0.15, 0.2) is 5.11 Å². The summed E-state index contributed by atoms with van der Waals surface area (Å²) >= 11 is 12.4. The standard InChI is InChI=1S/C29H25ClN4O4S/c1-16(2)27(35)32-21-10-9-19(15-20(21)30)34-26(25(33-29(34)39)22-8-3-4-13-31-22)24-12-11-23(38-24)17-6-5-7-18(14-17)28(36)37/h3-16,25-26H,1-2H3,(H,32,35)(H,33,39)(H,36,37)/t25-,26-/m0/s1. The molecule has 198 valence electrons. The molecule has 3 N–H and O–H groups in total. The van der Waals surface area contributed by atoms with E-state index in [9.17, 15) is 14.7 Å². The first kappa shape index (κ1) is 26.4. The second kappa shape index (κ2) is 10.9. The van der Waals surface area contributed by atoms with Gasteiger partial charge in [-0.3, -0.25) is 9.78 Å². The van der Waals surface area contributed by atoms with Crippen molar-refractivity contribution in [2.45, 2.75) is 25.9 Å². The normalized spacial score (nSPS) is 16.8. The Hall–Kier alpha value is -4.21. The van der Waals surface area contributed by atoms with Crippen molar-refractivity contribution in [3.05, 3.63) is 101 Å². The van der Waals surface area contributed by atoms with E-state index in [2.05, 4.69) is 15.6 Å². The van der Waals surface area contributed by atoms with Crippen LogP contribution in [0.3, 0.4) is 0 Å². The van der Waals surface area contributed by atoms with Crippen LogP contribution >= 0.6 is 23.8 Å². The number of hydrogen-bond donors (Lipinski definition) is 3. The van der Waals surface area contributed by atoms with Gasteiger partial charge >= 0.3 is 5.97 Å². The summed E-state index contributed by atoms with van der Waals surface area (Å²) in [5, 5.41) is 16.4. The molecule has 1 aliphatic rings. The number of carbonyl (C=O) groups excluding carboxylic acids is 1. The van der Waals surface area contributed by atoms with Crippen molar-refractivity contribution in [2.24, 2.45) is 5.92 Å². The topological polar surface area (TPSA) is 108 Å². The number of rotatable bonds is 7. The van der Waals surface area contributed by atoms with Crippen molar-refractivity contribution in [3.8, 4) is 11.3 Å². The van der Waals surface area contributed by atoms with Crippen LogP contribution in [-0.2, 0) is 4.79 Å². The number of carboxylic acids is 1. The Labute approximate surface area is 235 Å². The van der Waals surface area contributed by atoms with E-state index in [1.54, 1.807) is 36.5 Å². The number of thiocarbonyl (C=S) groups is 1. The molecule has 0 radical (unpaired) electrons. The van der Waals surface area contributed by atoms with Crippen LogP contribution in [0.4, 0.5) is 11.4 Å². The summed E-state index contributed by atoms with van der Waals surface area (Å²) in [6.45, 7) is 3.62. The van der Waals surface area contributed by atoms with E-state index in [0.717, 1.165) is 5.69 Å². The van der Waals surface area contributed by atoms with Gasteiger partial charge in [-0.15, -0.1) is 0 Å². The zero-order valence-electron chi connectivity index (χ0n) is 21.1. The van der Waals surface area contributed by atoms with Crippen LogP contribution in [0.25, 0.3) is 11.3 Å². The summed E-state index contributed by atoms with van der Waals surface area (Å²) in [5.41, 5.74) is 2.79. The number of carboxylic acid groups (broad SMARTS) is 1. The van der Waals surface area contributed by atoms with E-state index >= 15 is 0 Å². The molecule has 2 aromatic carbocycles. The maximum Gasteiger partial charge on any atom is 0.335 e. The molecule has 39 heavy (non-hydrogen) atoms.